The minimum absolute atomic E-state index is 0.698. The van der Waals surface area contributed by atoms with Crippen molar-refractivity contribution >= 4 is 16.5 Å². The van der Waals surface area contributed by atoms with Crippen LogP contribution in [0.15, 0.2) is 5.38 Å². The van der Waals surface area contributed by atoms with E-state index in [1.54, 1.807) is 11.3 Å². The van der Waals surface area contributed by atoms with Gasteiger partial charge in [0, 0.05) is 18.3 Å². The first-order valence-corrected chi connectivity index (χ1v) is 8.08. The van der Waals surface area contributed by atoms with Gasteiger partial charge in [-0.3, -0.25) is 0 Å². The molecule has 1 aliphatic heterocycles. The molecule has 0 aromatic carbocycles. The van der Waals surface area contributed by atoms with Crippen molar-refractivity contribution in [3.8, 4) is 0 Å². The number of rotatable bonds is 5. The van der Waals surface area contributed by atoms with Crippen LogP contribution in [0.5, 0.6) is 0 Å². The van der Waals surface area contributed by atoms with E-state index in [0.29, 0.717) is 5.13 Å². The van der Waals surface area contributed by atoms with E-state index >= 15 is 0 Å². The Bertz CT molecular complexity index is 351. The number of aromatic nitrogens is 1. The van der Waals surface area contributed by atoms with Gasteiger partial charge in [-0.2, -0.15) is 0 Å². The van der Waals surface area contributed by atoms with E-state index in [4.69, 9.17) is 5.73 Å². The standard InChI is InChI=1S/C14H25N3S/c1-2-4-12-5-3-8-17(9-6-12)10-7-13-11-18-14(15)16-13/h11-12H,2-10H2,1H3,(H2,15,16). The number of nitrogens with two attached hydrogens (primary N) is 1. The van der Waals surface area contributed by atoms with Gasteiger partial charge in [0.1, 0.15) is 0 Å². The van der Waals surface area contributed by atoms with Crippen molar-refractivity contribution in [1.29, 1.82) is 0 Å². The maximum atomic E-state index is 5.66. The van der Waals surface area contributed by atoms with Crippen molar-refractivity contribution < 1.29 is 0 Å². The quantitative estimate of drug-likeness (QED) is 0.891. The average molecular weight is 267 g/mol. The molecule has 0 radical (unpaired) electrons. The Morgan fingerprint density at radius 1 is 1.44 bits per heavy atom. The molecule has 4 heteroatoms. The van der Waals surface area contributed by atoms with Gasteiger partial charge in [0.15, 0.2) is 5.13 Å². The summed E-state index contributed by atoms with van der Waals surface area (Å²) in [4.78, 5) is 6.93. The van der Waals surface area contributed by atoms with Gasteiger partial charge in [0.25, 0.3) is 0 Å². The lowest BCUT2D eigenvalue weighted by molar-refractivity contribution is 0.282. The van der Waals surface area contributed by atoms with Crippen molar-refractivity contribution in [3.63, 3.8) is 0 Å². The topological polar surface area (TPSA) is 42.1 Å². The minimum Gasteiger partial charge on any atom is -0.375 e. The molecule has 1 aromatic rings. The van der Waals surface area contributed by atoms with E-state index in [1.807, 2.05) is 0 Å². The van der Waals surface area contributed by atoms with E-state index in [-0.39, 0.29) is 0 Å². The molecule has 1 aromatic heterocycles. The molecule has 1 atom stereocenters. The van der Waals surface area contributed by atoms with Gasteiger partial charge in [-0.15, -0.1) is 11.3 Å². The highest BCUT2D eigenvalue weighted by molar-refractivity contribution is 7.13. The van der Waals surface area contributed by atoms with Gasteiger partial charge in [-0.1, -0.05) is 19.8 Å². The van der Waals surface area contributed by atoms with Crippen molar-refractivity contribution in [3.05, 3.63) is 11.1 Å². The molecule has 0 spiro atoms. The molecule has 0 aliphatic carbocycles. The van der Waals surface area contributed by atoms with Crippen LogP contribution in [-0.4, -0.2) is 29.5 Å². The maximum Gasteiger partial charge on any atom is 0.180 e. The van der Waals surface area contributed by atoms with E-state index in [2.05, 4.69) is 22.2 Å². The maximum absolute atomic E-state index is 5.66. The summed E-state index contributed by atoms with van der Waals surface area (Å²) < 4.78 is 0. The van der Waals surface area contributed by atoms with Crippen LogP contribution in [-0.2, 0) is 6.42 Å². The van der Waals surface area contributed by atoms with E-state index in [1.165, 1.54) is 45.2 Å². The Kier molecular flexibility index (Phi) is 5.45. The van der Waals surface area contributed by atoms with Gasteiger partial charge < -0.3 is 10.6 Å². The number of nitrogen functional groups attached to an aromatic ring is 1. The first-order chi connectivity index (χ1) is 8.78. The van der Waals surface area contributed by atoms with E-state index in [0.717, 1.165) is 24.6 Å². The summed E-state index contributed by atoms with van der Waals surface area (Å²) in [5, 5.41) is 2.79. The first-order valence-electron chi connectivity index (χ1n) is 7.20. The highest BCUT2D eigenvalue weighted by Gasteiger charge is 2.16. The fourth-order valence-electron chi connectivity index (χ4n) is 2.86. The van der Waals surface area contributed by atoms with Gasteiger partial charge >= 0.3 is 0 Å². The van der Waals surface area contributed by atoms with Crippen LogP contribution in [0.3, 0.4) is 0 Å². The normalized spacial score (nSPS) is 21.9. The number of hydrogen-bond acceptors (Lipinski definition) is 4. The molecular formula is C14H25N3S. The lowest BCUT2D eigenvalue weighted by Gasteiger charge is -2.19. The Morgan fingerprint density at radius 3 is 3.06 bits per heavy atom. The molecule has 1 saturated heterocycles. The van der Waals surface area contributed by atoms with Gasteiger partial charge in [0.05, 0.1) is 5.69 Å². The van der Waals surface area contributed by atoms with Crippen LogP contribution in [0.2, 0.25) is 0 Å². The van der Waals surface area contributed by atoms with Crippen molar-refractivity contribution in [2.75, 3.05) is 25.4 Å². The van der Waals surface area contributed by atoms with Crippen molar-refractivity contribution in [2.45, 2.75) is 45.4 Å². The number of thiazole rings is 1. The summed E-state index contributed by atoms with van der Waals surface area (Å²) in [5.74, 6) is 0.968. The van der Waals surface area contributed by atoms with Gasteiger partial charge in [0.2, 0.25) is 0 Å². The highest BCUT2D eigenvalue weighted by Crippen LogP contribution is 2.22. The summed E-state index contributed by atoms with van der Waals surface area (Å²) >= 11 is 1.55. The summed E-state index contributed by atoms with van der Waals surface area (Å²) in [5.41, 5.74) is 6.82. The third kappa shape index (κ3) is 4.25. The summed E-state index contributed by atoms with van der Waals surface area (Å²) in [6, 6.07) is 0. The monoisotopic (exact) mass is 267 g/mol. The zero-order valence-corrected chi connectivity index (χ0v) is 12.2. The molecule has 1 aliphatic rings. The second kappa shape index (κ2) is 7.10. The lowest BCUT2D eigenvalue weighted by Crippen LogP contribution is -2.27. The van der Waals surface area contributed by atoms with Crippen LogP contribution < -0.4 is 5.73 Å². The predicted molar refractivity (Wildman–Crippen MR) is 78.9 cm³/mol. The van der Waals surface area contributed by atoms with Crippen LogP contribution in [0.1, 0.15) is 44.7 Å². The third-order valence-electron chi connectivity index (χ3n) is 3.89. The molecule has 2 rings (SSSR count). The number of likely N-dealkylation sites (tertiary alicyclic amines) is 1. The molecule has 0 bridgehead atoms. The Labute approximate surface area is 114 Å². The zero-order chi connectivity index (χ0) is 12.8. The largest absolute Gasteiger partial charge is 0.375 e. The Morgan fingerprint density at radius 2 is 2.33 bits per heavy atom. The molecule has 1 fully saturated rings. The fourth-order valence-corrected chi connectivity index (χ4v) is 3.45. The molecule has 0 amide bonds. The average Bonchev–Trinajstić information content (AvgIpc) is 2.64. The van der Waals surface area contributed by atoms with Crippen molar-refractivity contribution in [2.24, 2.45) is 5.92 Å². The van der Waals surface area contributed by atoms with E-state index < -0.39 is 0 Å². The molecule has 18 heavy (non-hydrogen) atoms. The number of hydrogen-bond donors (Lipinski definition) is 1. The minimum atomic E-state index is 0.698. The third-order valence-corrected chi connectivity index (χ3v) is 4.61. The lowest BCUT2D eigenvalue weighted by atomic mass is 9.96. The zero-order valence-electron chi connectivity index (χ0n) is 11.4. The molecule has 3 nitrogen and oxygen atoms in total. The van der Waals surface area contributed by atoms with Crippen LogP contribution in [0, 0.1) is 5.92 Å². The van der Waals surface area contributed by atoms with Crippen LogP contribution in [0.25, 0.3) is 0 Å². The molecule has 0 saturated carbocycles. The Balaban J connectivity index is 1.73. The number of nitrogens with zero attached hydrogens (tertiary/aromatic N) is 2. The molecular weight excluding hydrogens is 242 g/mol. The van der Waals surface area contributed by atoms with Crippen LogP contribution in [0.4, 0.5) is 5.13 Å². The van der Waals surface area contributed by atoms with Crippen LogP contribution >= 0.6 is 11.3 Å². The van der Waals surface area contributed by atoms with E-state index in [9.17, 15) is 0 Å². The summed E-state index contributed by atoms with van der Waals surface area (Å²) in [6.45, 7) is 5.97. The first kappa shape index (κ1) is 13.8. The molecule has 1 unspecified atom stereocenters. The molecule has 102 valence electrons. The smallest absolute Gasteiger partial charge is 0.180 e. The highest BCUT2D eigenvalue weighted by atomic mass is 32.1. The Hall–Kier alpha value is -0.610. The second-order valence-corrected chi connectivity index (χ2v) is 6.24. The predicted octanol–water partition coefficient (Wildman–Crippen LogP) is 3.17. The van der Waals surface area contributed by atoms with Crippen molar-refractivity contribution in [1.82, 2.24) is 9.88 Å². The van der Waals surface area contributed by atoms with Gasteiger partial charge in [-0.25, -0.2) is 4.98 Å². The SMILES string of the molecule is CCCC1CCCN(CCc2csc(N)n2)CC1. The fraction of sp³-hybridized carbons (Fsp3) is 0.786. The summed E-state index contributed by atoms with van der Waals surface area (Å²) in [6.07, 6.45) is 7.97. The second-order valence-electron chi connectivity index (χ2n) is 5.35. The molecule has 2 N–H and O–H groups in total. The van der Waals surface area contributed by atoms with Gasteiger partial charge in [-0.05, 0) is 38.3 Å². The summed E-state index contributed by atoms with van der Waals surface area (Å²) in [7, 11) is 0. The molecule has 2 heterocycles. The number of anilines is 1.